The largest absolute Gasteiger partial charge is 0.421 e. The van der Waals surface area contributed by atoms with Crippen LogP contribution in [-0.4, -0.2) is 54.9 Å². The van der Waals surface area contributed by atoms with E-state index in [1.165, 1.54) is 11.1 Å². The number of hydrogen-bond acceptors (Lipinski definition) is 10. The summed E-state index contributed by atoms with van der Waals surface area (Å²) in [5, 5.41) is 9.66. The van der Waals surface area contributed by atoms with Gasteiger partial charge in [-0.1, -0.05) is 30.3 Å². The summed E-state index contributed by atoms with van der Waals surface area (Å²) < 4.78 is 15.1. The van der Waals surface area contributed by atoms with Crippen molar-refractivity contribution in [3.05, 3.63) is 134 Å². The Labute approximate surface area is 322 Å². The van der Waals surface area contributed by atoms with Gasteiger partial charge in [0.1, 0.15) is 11.4 Å². The van der Waals surface area contributed by atoms with Gasteiger partial charge in [0.2, 0.25) is 0 Å². The Morgan fingerprint density at radius 2 is 1.21 bits per heavy atom. The molecule has 2 N–H and O–H groups in total. The van der Waals surface area contributed by atoms with Crippen LogP contribution in [0.4, 0.5) is 0 Å². The highest BCUT2D eigenvalue weighted by Gasteiger charge is 2.18. The molecule has 0 unspecified atom stereocenters. The minimum atomic E-state index is -0.341. The predicted octanol–water partition coefficient (Wildman–Crippen LogP) is 7.08. The summed E-state index contributed by atoms with van der Waals surface area (Å²) in [6.45, 7) is 11.6. The van der Waals surface area contributed by atoms with E-state index in [0.29, 0.717) is 39.6 Å². The lowest BCUT2D eigenvalue weighted by molar-refractivity contribution is 0.460. The average molecular weight is 747 g/mol. The molecule has 12 nitrogen and oxygen atoms in total. The highest BCUT2D eigenvalue weighted by molar-refractivity contribution is 5.88. The Morgan fingerprint density at radius 1 is 0.643 bits per heavy atom. The van der Waals surface area contributed by atoms with Crippen molar-refractivity contribution in [2.24, 2.45) is 0 Å². The van der Waals surface area contributed by atoms with Gasteiger partial charge in [0.05, 0.1) is 33.5 Å². The number of rotatable bonds is 4. The van der Waals surface area contributed by atoms with Crippen LogP contribution in [0.5, 0.6) is 0 Å². The quantitative estimate of drug-likeness (QED) is 0.192. The molecular formula is C44H42N8O4. The number of fused-ring (bicyclic) bond motifs is 4. The molecule has 8 heterocycles. The van der Waals surface area contributed by atoms with Crippen LogP contribution in [0.3, 0.4) is 0 Å². The van der Waals surface area contributed by atoms with Crippen LogP contribution in [0.1, 0.15) is 59.1 Å². The van der Waals surface area contributed by atoms with Crippen LogP contribution < -0.4 is 21.9 Å². The molecule has 0 radical (unpaired) electrons. The number of nitrogens with zero attached hydrogens (tertiary/aromatic N) is 6. The van der Waals surface area contributed by atoms with E-state index in [2.05, 4.69) is 48.8 Å². The SMILES string of the molecule is Cc1cn2cc(-c3cc4ccc(C5=CCNCC5)cc4c(=O)o3)nc2c(C)n1.Cc1cn2cc(-c3cc4ccc(C5CCNCC5)cc4c(=O)o3)nc2c(C)n1. The van der Waals surface area contributed by atoms with Gasteiger partial charge in [-0.3, -0.25) is 9.97 Å². The zero-order valence-corrected chi connectivity index (χ0v) is 31.8. The van der Waals surface area contributed by atoms with Gasteiger partial charge in [-0.15, -0.1) is 0 Å². The summed E-state index contributed by atoms with van der Waals surface area (Å²) in [4.78, 5) is 43.5. The van der Waals surface area contributed by atoms with Crippen LogP contribution in [-0.2, 0) is 0 Å². The van der Waals surface area contributed by atoms with Crippen LogP contribution in [0, 0.1) is 27.7 Å². The molecular weight excluding hydrogens is 705 g/mol. The Morgan fingerprint density at radius 3 is 1.79 bits per heavy atom. The number of nitrogens with one attached hydrogen (secondary N) is 2. The van der Waals surface area contributed by atoms with E-state index >= 15 is 0 Å². The molecule has 12 heteroatoms. The number of aryl methyl sites for hydroxylation is 4. The Hall–Kier alpha value is -6.24. The number of imidazole rings is 2. The predicted molar refractivity (Wildman–Crippen MR) is 218 cm³/mol. The highest BCUT2D eigenvalue weighted by atomic mass is 16.4. The lowest BCUT2D eigenvalue weighted by atomic mass is 9.89. The second-order valence-corrected chi connectivity index (χ2v) is 14.8. The van der Waals surface area contributed by atoms with Gasteiger partial charge in [0.15, 0.2) is 22.8 Å². The van der Waals surface area contributed by atoms with Crippen molar-refractivity contribution in [3.8, 4) is 22.9 Å². The van der Waals surface area contributed by atoms with Gasteiger partial charge in [-0.2, -0.15) is 0 Å². The lowest BCUT2D eigenvalue weighted by Gasteiger charge is -2.23. The molecule has 2 aromatic carbocycles. The van der Waals surface area contributed by atoms with E-state index in [1.807, 2.05) is 97.7 Å². The van der Waals surface area contributed by atoms with Crippen molar-refractivity contribution < 1.29 is 8.83 Å². The van der Waals surface area contributed by atoms with E-state index in [0.717, 1.165) is 95.8 Å². The highest BCUT2D eigenvalue weighted by Crippen LogP contribution is 2.30. The molecule has 0 atom stereocenters. The van der Waals surface area contributed by atoms with E-state index in [4.69, 9.17) is 8.83 Å². The van der Waals surface area contributed by atoms with Crippen LogP contribution >= 0.6 is 0 Å². The maximum Gasteiger partial charge on any atom is 0.344 e. The van der Waals surface area contributed by atoms with E-state index in [-0.39, 0.29) is 11.3 Å². The van der Waals surface area contributed by atoms with Gasteiger partial charge >= 0.3 is 11.3 Å². The van der Waals surface area contributed by atoms with Gasteiger partial charge in [-0.05, 0) is 124 Å². The minimum Gasteiger partial charge on any atom is -0.421 e. The molecule has 10 rings (SSSR count). The molecule has 0 aliphatic carbocycles. The van der Waals surface area contributed by atoms with Crippen molar-refractivity contribution in [2.75, 3.05) is 26.2 Å². The first-order valence-electron chi connectivity index (χ1n) is 19.1. The van der Waals surface area contributed by atoms with Crippen LogP contribution in [0.15, 0.2) is 97.8 Å². The van der Waals surface area contributed by atoms with Gasteiger partial charge in [0, 0.05) is 31.3 Å². The Bertz CT molecular complexity index is 2960. The maximum absolute atomic E-state index is 12.7. The van der Waals surface area contributed by atoms with Crippen molar-refractivity contribution >= 4 is 38.4 Å². The molecule has 1 fully saturated rings. The monoisotopic (exact) mass is 746 g/mol. The topological polar surface area (TPSA) is 145 Å². The van der Waals surface area contributed by atoms with Crippen LogP contribution in [0.2, 0.25) is 0 Å². The zero-order chi connectivity index (χ0) is 38.5. The van der Waals surface area contributed by atoms with Crippen molar-refractivity contribution in [2.45, 2.75) is 52.9 Å². The molecule has 6 aromatic heterocycles. The fourth-order valence-corrected chi connectivity index (χ4v) is 7.98. The summed E-state index contributed by atoms with van der Waals surface area (Å²) in [5.41, 5.74) is 9.22. The summed E-state index contributed by atoms with van der Waals surface area (Å²) >= 11 is 0. The maximum atomic E-state index is 12.7. The molecule has 0 spiro atoms. The fourth-order valence-electron chi connectivity index (χ4n) is 7.98. The molecule has 0 bridgehead atoms. The average Bonchev–Trinajstić information content (AvgIpc) is 3.84. The first-order chi connectivity index (χ1) is 27.2. The van der Waals surface area contributed by atoms with Gasteiger partial charge < -0.3 is 28.3 Å². The van der Waals surface area contributed by atoms with Crippen molar-refractivity contribution in [1.82, 2.24) is 39.4 Å². The summed E-state index contributed by atoms with van der Waals surface area (Å²) in [6.07, 6.45) is 12.9. The summed E-state index contributed by atoms with van der Waals surface area (Å²) in [5.74, 6) is 1.45. The third-order valence-electron chi connectivity index (χ3n) is 10.8. The molecule has 0 amide bonds. The molecule has 2 aliphatic rings. The number of aromatic nitrogens is 6. The summed E-state index contributed by atoms with van der Waals surface area (Å²) in [6, 6.07) is 16.0. The second-order valence-electron chi connectivity index (χ2n) is 14.8. The standard InChI is InChI=1S/C22H22N4O2.C22H20N4O2/c2*1-13-11-26-12-19(25-21(26)14(2)24-13)20-10-17-4-3-16(9-18(17)22(27)28-20)15-5-7-23-8-6-15/h3-4,9-12,15,23H,5-8H2,1-2H3;3-5,9-12,23H,6-8H2,1-2H3. The van der Waals surface area contributed by atoms with Crippen molar-refractivity contribution in [1.29, 1.82) is 0 Å². The van der Waals surface area contributed by atoms with Gasteiger partial charge in [-0.25, -0.2) is 19.6 Å². The van der Waals surface area contributed by atoms with E-state index < -0.39 is 0 Å². The van der Waals surface area contributed by atoms with E-state index in [1.54, 1.807) is 0 Å². The third-order valence-corrected chi connectivity index (χ3v) is 10.8. The first-order valence-corrected chi connectivity index (χ1v) is 19.1. The zero-order valence-electron chi connectivity index (χ0n) is 31.8. The van der Waals surface area contributed by atoms with E-state index in [9.17, 15) is 9.59 Å². The molecule has 1 saturated heterocycles. The smallest absolute Gasteiger partial charge is 0.344 e. The first kappa shape index (κ1) is 35.5. The number of piperidine rings is 1. The van der Waals surface area contributed by atoms with Gasteiger partial charge in [0.25, 0.3) is 0 Å². The molecule has 2 aliphatic heterocycles. The third kappa shape index (κ3) is 6.82. The molecule has 0 saturated carbocycles. The number of benzene rings is 2. The second kappa shape index (κ2) is 14.4. The normalized spacial score (nSPS) is 15.0. The Kier molecular flexibility index (Phi) is 9.14. The minimum absolute atomic E-state index is 0.314. The molecule has 56 heavy (non-hydrogen) atoms. The molecule has 8 aromatic rings. The Balaban J connectivity index is 0.000000146. The van der Waals surface area contributed by atoms with Crippen molar-refractivity contribution in [3.63, 3.8) is 0 Å². The lowest BCUT2D eigenvalue weighted by Crippen LogP contribution is -2.26. The summed E-state index contributed by atoms with van der Waals surface area (Å²) in [7, 11) is 0. The fraction of sp³-hybridized carbons (Fsp3) is 0.273. The molecule has 282 valence electrons. The van der Waals surface area contributed by atoms with Crippen LogP contribution in [0.25, 0.3) is 61.3 Å². The number of hydrogen-bond donors (Lipinski definition) is 2.